The summed E-state index contributed by atoms with van der Waals surface area (Å²) in [5.74, 6) is -1.33. The highest BCUT2D eigenvalue weighted by Gasteiger charge is 2.36. The number of pyridine rings is 1. The molecule has 0 aliphatic carbocycles. The summed E-state index contributed by atoms with van der Waals surface area (Å²) in [6.45, 7) is 5.02. The first-order valence-corrected chi connectivity index (χ1v) is 5.51. The first kappa shape index (κ1) is 14.0. The van der Waals surface area contributed by atoms with Gasteiger partial charge in [0, 0.05) is 6.07 Å². The van der Waals surface area contributed by atoms with Crippen LogP contribution in [0.25, 0.3) is 0 Å². The molecule has 1 aromatic heterocycles. The number of carboxylic acid groups (broad SMARTS) is 1. The molecule has 0 radical (unpaired) electrons. The lowest BCUT2D eigenvalue weighted by Crippen LogP contribution is -2.37. The van der Waals surface area contributed by atoms with Crippen LogP contribution in [0, 0.1) is 5.41 Å². The van der Waals surface area contributed by atoms with Crippen LogP contribution >= 0.6 is 0 Å². The van der Waals surface area contributed by atoms with E-state index in [1.807, 2.05) is 6.92 Å². The van der Waals surface area contributed by atoms with E-state index < -0.39 is 17.3 Å². The minimum atomic E-state index is -1.49. The minimum absolute atomic E-state index is 0.428. The fourth-order valence-electron chi connectivity index (χ4n) is 1.07. The van der Waals surface area contributed by atoms with Crippen molar-refractivity contribution in [1.82, 2.24) is 4.98 Å². The summed E-state index contributed by atoms with van der Waals surface area (Å²) in [7, 11) is 0. The van der Waals surface area contributed by atoms with E-state index in [1.54, 1.807) is 12.1 Å². The molecule has 0 aliphatic rings. The van der Waals surface area contributed by atoms with Crippen LogP contribution in [0.4, 0.5) is 5.69 Å². The quantitative estimate of drug-likeness (QED) is 0.776. The zero-order valence-corrected chi connectivity index (χ0v) is 10.6. The van der Waals surface area contributed by atoms with Crippen molar-refractivity contribution in [1.29, 1.82) is 0 Å². The molecule has 98 valence electrons. The van der Waals surface area contributed by atoms with Crippen LogP contribution in [0.15, 0.2) is 18.3 Å². The summed E-state index contributed by atoms with van der Waals surface area (Å²) in [4.78, 5) is 26.6. The number of carboxylic acids is 1. The van der Waals surface area contributed by atoms with Crippen LogP contribution in [0.5, 0.6) is 5.88 Å². The second kappa shape index (κ2) is 5.48. The average Bonchev–Trinajstić information content (AvgIpc) is 2.31. The van der Waals surface area contributed by atoms with E-state index in [2.05, 4.69) is 10.3 Å². The Bertz CT molecular complexity index is 440. The largest absolute Gasteiger partial charge is 0.480 e. The maximum atomic E-state index is 11.7. The van der Waals surface area contributed by atoms with Gasteiger partial charge in [0.2, 0.25) is 11.8 Å². The second-order valence-electron chi connectivity index (χ2n) is 4.20. The predicted octanol–water partition coefficient (Wildman–Crippen LogP) is 1.53. The molecule has 1 heterocycles. The molecule has 6 heteroatoms. The number of hydrogen-bond acceptors (Lipinski definition) is 4. The molecule has 0 spiro atoms. The van der Waals surface area contributed by atoms with E-state index >= 15 is 0 Å². The molecule has 0 aliphatic heterocycles. The van der Waals surface area contributed by atoms with Crippen LogP contribution in [0.1, 0.15) is 20.8 Å². The van der Waals surface area contributed by atoms with Crippen molar-refractivity contribution in [3.05, 3.63) is 18.3 Å². The molecule has 1 aromatic rings. The first-order chi connectivity index (χ1) is 8.37. The molecule has 0 aromatic carbocycles. The van der Waals surface area contributed by atoms with Gasteiger partial charge in [-0.2, -0.15) is 0 Å². The topological polar surface area (TPSA) is 88.5 Å². The Balaban J connectivity index is 2.73. The highest BCUT2D eigenvalue weighted by molar-refractivity contribution is 6.07. The van der Waals surface area contributed by atoms with Crippen molar-refractivity contribution in [2.24, 2.45) is 5.41 Å². The summed E-state index contributed by atoms with van der Waals surface area (Å²) >= 11 is 0. The monoisotopic (exact) mass is 252 g/mol. The lowest BCUT2D eigenvalue weighted by molar-refractivity contribution is -0.151. The molecule has 0 saturated heterocycles. The van der Waals surface area contributed by atoms with Crippen LogP contribution in [0.2, 0.25) is 0 Å². The predicted molar refractivity (Wildman–Crippen MR) is 65.5 cm³/mol. The Labute approximate surface area is 105 Å². The molecule has 2 N–H and O–H groups in total. The van der Waals surface area contributed by atoms with Gasteiger partial charge in [-0.3, -0.25) is 9.59 Å². The van der Waals surface area contributed by atoms with E-state index in [0.717, 1.165) is 0 Å². The fraction of sp³-hybridized carbons (Fsp3) is 0.417. The van der Waals surface area contributed by atoms with Crippen molar-refractivity contribution >= 4 is 17.6 Å². The van der Waals surface area contributed by atoms with Gasteiger partial charge in [-0.25, -0.2) is 4.98 Å². The van der Waals surface area contributed by atoms with Crippen LogP contribution in [-0.4, -0.2) is 28.6 Å². The van der Waals surface area contributed by atoms with Gasteiger partial charge in [0.1, 0.15) is 5.41 Å². The number of carbonyl (C=O) groups excluding carboxylic acids is 1. The van der Waals surface area contributed by atoms with Gasteiger partial charge >= 0.3 is 5.97 Å². The van der Waals surface area contributed by atoms with E-state index in [-0.39, 0.29) is 0 Å². The SMILES string of the molecule is CCOc1ccc(NC(=O)C(C)(C)C(=O)O)cn1. The summed E-state index contributed by atoms with van der Waals surface area (Å²) < 4.78 is 5.15. The van der Waals surface area contributed by atoms with Gasteiger partial charge in [-0.15, -0.1) is 0 Å². The molecule has 0 fully saturated rings. The van der Waals surface area contributed by atoms with Crippen molar-refractivity contribution in [2.75, 3.05) is 11.9 Å². The molecule has 1 amide bonds. The Morgan fingerprint density at radius 2 is 2.11 bits per heavy atom. The van der Waals surface area contributed by atoms with Gasteiger partial charge < -0.3 is 15.2 Å². The van der Waals surface area contributed by atoms with Crippen LogP contribution in [-0.2, 0) is 9.59 Å². The molecule has 6 nitrogen and oxygen atoms in total. The standard InChI is InChI=1S/C12H16N2O4/c1-4-18-9-6-5-8(7-13-9)14-10(15)12(2,3)11(16)17/h5-7H,4H2,1-3H3,(H,14,15)(H,16,17). The molecule has 1 rings (SSSR count). The summed E-state index contributed by atoms with van der Waals surface area (Å²) in [5.41, 5.74) is -1.06. The van der Waals surface area contributed by atoms with Gasteiger partial charge in [-0.1, -0.05) is 0 Å². The maximum Gasteiger partial charge on any atom is 0.318 e. The van der Waals surface area contributed by atoms with Crippen molar-refractivity contribution in [2.45, 2.75) is 20.8 Å². The fourth-order valence-corrected chi connectivity index (χ4v) is 1.07. The Morgan fingerprint density at radius 1 is 1.44 bits per heavy atom. The number of nitrogens with zero attached hydrogens (tertiary/aromatic N) is 1. The van der Waals surface area contributed by atoms with E-state index in [9.17, 15) is 9.59 Å². The van der Waals surface area contributed by atoms with Crippen molar-refractivity contribution in [3.63, 3.8) is 0 Å². The van der Waals surface area contributed by atoms with Crippen LogP contribution < -0.4 is 10.1 Å². The summed E-state index contributed by atoms with van der Waals surface area (Å²) in [5, 5.41) is 11.4. The zero-order valence-electron chi connectivity index (χ0n) is 10.6. The molecule has 0 unspecified atom stereocenters. The van der Waals surface area contributed by atoms with E-state index in [4.69, 9.17) is 9.84 Å². The molecule has 0 atom stereocenters. The smallest absolute Gasteiger partial charge is 0.318 e. The second-order valence-corrected chi connectivity index (χ2v) is 4.20. The Hall–Kier alpha value is -2.11. The third-order valence-corrected chi connectivity index (χ3v) is 2.39. The number of carbonyl (C=O) groups is 2. The van der Waals surface area contributed by atoms with Crippen molar-refractivity contribution in [3.8, 4) is 5.88 Å². The number of anilines is 1. The Kier molecular flexibility index (Phi) is 4.25. The highest BCUT2D eigenvalue weighted by Crippen LogP contribution is 2.19. The molecule has 18 heavy (non-hydrogen) atoms. The van der Waals surface area contributed by atoms with Gasteiger partial charge in [-0.05, 0) is 26.8 Å². The number of nitrogens with one attached hydrogen (secondary N) is 1. The summed E-state index contributed by atoms with van der Waals surface area (Å²) in [6.07, 6.45) is 1.42. The number of rotatable bonds is 5. The number of aromatic nitrogens is 1. The van der Waals surface area contributed by atoms with Crippen LogP contribution in [0.3, 0.4) is 0 Å². The van der Waals surface area contributed by atoms with E-state index in [1.165, 1.54) is 20.0 Å². The first-order valence-electron chi connectivity index (χ1n) is 5.51. The zero-order chi connectivity index (χ0) is 13.8. The molecular weight excluding hydrogens is 236 g/mol. The number of aliphatic carboxylic acids is 1. The maximum absolute atomic E-state index is 11.7. The highest BCUT2D eigenvalue weighted by atomic mass is 16.5. The molecule has 0 bridgehead atoms. The minimum Gasteiger partial charge on any atom is -0.480 e. The number of ether oxygens (including phenoxy) is 1. The van der Waals surface area contributed by atoms with Crippen molar-refractivity contribution < 1.29 is 19.4 Å². The molecular formula is C12H16N2O4. The third-order valence-electron chi connectivity index (χ3n) is 2.39. The Morgan fingerprint density at radius 3 is 2.56 bits per heavy atom. The average molecular weight is 252 g/mol. The van der Waals surface area contributed by atoms with Gasteiger partial charge in [0.25, 0.3) is 0 Å². The number of hydrogen-bond donors (Lipinski definition) is 2. The lowest BCUT2D eigenvalue weighted by atomic mass is 9.92. The van der Waals surface area contributed by atoms with E-state index in [0.29, 0.717) is 18.2 Å². The summed E-state index contributed by atoms with van der Waals surface area (Å²) in [6, 6.07) is 3.21. The van der Waals surface area contributed by atoms with Gasteiger partial charge in [0.05, 0.1) is 18.5 Å². The van der Waals surface area contributed by atoms with Gasteiger partial charge in [0.15, 0.2) is 0 Å². The lowest BCUT2D eigenvalue weighted by Gasteiger charge is -2.18. The molecule has 0 saturated carbocycles. The normalized spacial score (nSPS) is 10.8. The number of amides is 1. The third kappa shape index (κ3) is 3.19.